The van der Waals surface area contributed by atoms with Gasteiger partial charge in [-0.05, 0) is 43.7 Å². The quantitative estimate of drug-likeness (QED) is 0.698. The molecular formula is C22H23N2OS+. The van der Waals surface area contributed by atoms with E-state index >= 15 is 0 Å². The molecule has 1 N–H and O–H groups in total. The molecule has 0 aliphatic carbocycles. The fourth-order valence-corrected chi connectivity index (χ4v) is 4.80. The summed E-state index contributed by atoms with van der Waals surface area (Å²) in [5.74, 6) is 0. The summed E-state index contributed by atoms with van der Waals surface area (Å²) in [4.78, 5) is 3.67. The number of aromatic nitrogens is 1. The number of thioether (sulfide) groups is 1. The number of anilines is 1. The predicted octanol–water partition coefficient (Wildman–Crippen LogP) is 4.36. The first-order chi connectivity index (χ1) is 12.7. The molecule has 0 spiro atoms. The van der Waals surface area contributed by atoms with Crippen molar-refractivity contribution < 1.29 is 9.67 Å². The van der Waals surface area contributed by atoms with Gasteiger partial charge in [0.15, 0.2) is 6.54 Å². The van der Waals surface area contributed by atoms with Gasteiger partial charge in [0, 0.05) is 35.0 Å². The Morgan fingerprint density at radius 3 is 2.77 bits per heavy atom. The molecule has 3 aromatic rings. The number of fused-ring (bicyclic) bond motifs is 2. The molecule has 0 radical (unpaired) electrons. The Bertz CT molecular complexity index is 997. The summed E-state index contributed by atoms with van der Waals surface area (Å²) in [6, 6.07) is 19.3. The van der Waals surface area contributed by atoms with Gasteiger partial charge in [0.25, 0.3) is 0 Å². The van der Waals surface area contributed by atoms with Crippen LogP contribution in [0.4, 0.5) is 5.69 Å². The van der Waals surface area contributed by atoms with E-state index in [2.05, 4.69) is 77.9 Å². The molecule has 0 amide bonds. The molecule has 0 saturated carbocycles. The molecule has 0 bridgehead atoms. The summed E-state index contributed by atoms with van der Waals surface area (Å²) < 4.78 is 2.20. The van der Waals surface area contributed by atoms with Crippen LogP contribution < -0.4 is 9.47 Å². The minimum atomic E-state index is 0.124. The highest BCUT2D eigenvalue weighted by Crippen LogP contribution is 2.46. The van der Waals surface area contributed by atoms with Crippen LogP contribution in [-0.4, -0.2) is 18.3 Å². The Balaban J connectivity index is 1.82. The van der Waals surface area contributed by atoms with E-state index in [1.807, 2.05) is 17.8 Å². The summed E-state index contributed by atoms with van der Waals surface area (Å²) in [6.07, 6.45) is 2.24. The number of para-hydroxylation sites is 1. The van der Waals surface area contributed by atoms with Gasteiger partial charge in [0.1, 0.15) is 6.61 Å². The molecule has 1 aromatic heterocycles. The second-order valence-electron chi connectivity index (χ2n) is 6.49. The maximum Gasteiger partial charge on any atom is 0.213 e. The van der Waals surface area contributed by atoms with E-state index in [-0.39, 0.29) is 6.61 Å². The van der Waals surface area contributed by atoms with E-state index in [0.29, 0.717) is 6.54 Å². The van der Waals surface area contributed by atoms with Crippen molar-refractivity contribution >= 4 is 34.4 Å². The van der Waals surface area contributed by atoms with Gasteiger partial charge >= 0.3 is 0 Å². The van der Waals surface area contributed by atoms with Crippen molar-refractivity contribution in [1.82, 2.24) is 0 Å². The van der Waals surface area contributed by atoms with Crippen molar-refractivity contribution in [2.75, 3.05) is 18.1 Å². The van der Waals surface area contributed by atoms with Crippen LogP contribution in [-0.2, 0) is 6.54 Å². The van der Waals surface area contributed by atoms with Crippen LogP contribution in [0.5, 0.6) is 0 Å². The van der Waals surface area contributed by atoms with Crippen molar-refractivity contribution in [3.63, 3.8) is 0 Å². The van der Waals surface area contributed by atoms with Crippen molar-refractivity contribution in [1.29, 1.82) is 0 Å². The zero-order valence-electron chi connectivity index (χ0n) is 15.1. The summed E-state index contributed by atoms with van der Waals surface area (Å²) in [7, 11) is 0. The lowest BCUT2D eigenvalue weighted by Gasteiger charge is -2.17. The number of rotatable bonds is 4. The summed E-state index contributed by atoms with van der Waals surface area (Å²) in [6.45, 7) is 5.97. The van der Waals surface area contributed by atoms with E-state index in [4.69, 9.17) is 0 Å². The molecule has 4 heteroatoms. The van der Waals surface area contributed by atoms with Gasteiger partial charge in [-0.3, -0.25) is 0 Å². The Labute approximate surface area is 158 Å². The van der Waals surface area contributed by atoms with Gasteiger partial charge < -0.3 is 10.0 Å². The van der Waals surface area contributed by atoms with Crippen molar-refractivity contribution in [2.45, 2.75) is 25.3 Å². The van der Waals surface area contributed by atoms with Gasteiger partial charge in [-0.25, -0.2) is 0 Å². The Morgan fingerprint density at radius 2 is 1.96 bits per heavy atom. The minimum absolute atomic E-state index is 0.124. The van der Waals surface area contributed by atoms with Gasteiger partial charge in [-0.2, -0.15) is 4.57 Å². The van der Waals surface area contributed by atoms with E-state index in [9.17, 15) is 5.11 Å². The molecule has 132 valence electrons. The first-order valence-electron chi connectivity index (χ1n) is 9.01. The van der Waals surface area contributed by atoms with Crippen LogP contribution in [0, 0.1) is 6.92 Å². The SMILES string of the molecule is CCN1/C(=C/c2ccc3ccccc3[n+]2CCO)Sc2cc(C)ccc21. The Kier molecular flexibility index (Phi) is 4.70. The van der Waals surface area contributed by atoms with Crippen LogP contribution >= 0.6 is 11.8 Å². The first-order valence-corrected chi connectivity index (χ1v) is 9.83. The van der Waals surface area contributed by atoms with Gasteiger partial charge in [-0.1, -0.05) is 30.0 Å². The zero-order chi connectivity index (χ0) is 18.1. The summed E-state index contributed by atoms with van der Waals surface area (Å²) >= 11 is 1.82. The highest BCUT2D eigenvalue weighted by Gasteiger charge is 2.25. The predicted molar refractivity (Wildman–Crippen MR) is 109 cm³/mol. The van der Waals surface area contributed by atoms with E-state index in [1.165, 1.54) is 26.6 Å². The number of aliphatic hydroxyl groups is 1. The fourth-order valence-electron chi connectivity index (χ4n) is 3.53. The number of hydrogen-bond acceptors (Lipinski definition) is 3. The number of benzene rings is 2. The number of nitrogens with zero attached hydrogens (tertiary/aromatic N) is 2. The average molecular weight is 364 g/mol. The summed E-state index contributed by atoms with van der Waals surface area (Å²) in [5.41, 5.74) is 4.83. The lowest BCUT2D eigenvalue weighted by atomic mass is 10.2. The number of aryl methyl sites for hydroxylation is 1. The van der Waals surface area contributed by atoms with Crippen LogP contribution in [0.15, 0.2) is 64.5 Å². The zero-order valence-corrected chi connectivity index (χ0v) is 16.0. The monoisotopic (exact) mass is 363 g/mol. The standard InChI is InChI=1S/C22H23N2OS/c1-3-23-20-11-8-16(2)14-21(20)26-22(23)15-18-10-9-17-6-4-5-7-19(17)24(18)12-13-25/h4-11,14-15,25H,3,12-13H2,1-2H3/q+1. The maximum absolute atomic E-state index is 9.58. The minimum Gasteiger partial charge on any atom is -0.390 e. The average Bonchev–Trinajstić information content (AvgIpc) is 2.99. The van der Waals surface area contributed by atoms with Gasteiger partial charge in [-0.15, -0.1) is 0 Å². The number of pyridine rings is 1. The second-order valence-corrected chi connectivity index (χ2v) is 7.55. The summed E-state index contributed by atoms with van der Waals surface area (Å²) in [5, 5.41) is 12.0. The van der Waals surface area contributed by atoms with Crippen molar-refractivity contribution in [2.24, 2.45) is 0 Å². The molecule has 0 unspecified atom stereocenters. The third kappa shape index (κ3) is 3.00. The molecular weight excluding hydrogens is 340 g/mol. The fraction of sp³-hybridized carbons (Fsp3) is 0.227. The molecule has 3 nitrogen and oxygen atoms in total. The van der Waals surface area contributed by atoms with Gasteiger partial charge in [0.2, 0.25) is 11.2 Å². The molecule has 0 fully saturated rings. The molecule has 2 aromatic carbocycles. The smallest absolute Gasteiger partial charge is 0.213 e. The van der Waals surface area contributed by atoms with Crippen molar-refractivity contribution in [3.8, 4) is 0 Å². The third-order valence-electron chi connectivity index (χ3n) is 4.77. The lowest BCUT2D eigenvalue weighted by molar-refractivity contribution is -0.674. The first kappa shape index (κ1) is 17.1. The molecule has 26 heavy (non-hydrogen) atoms. The second kappa shape index (κ2) is 7.14. The van der Waals surface area contributed by atoms with Crippen LogP contribution in [0.1, 0.15) is 18.2 Å². The number of hydrogen-bond donors (Lipinski definition) is 1. The Morgan fingerprint density at radius 1 is 1.12 bits per heavy atom. The highest BCUT2D eigenvalue weighted by atomic mass is 32.2. The molecule has 1 aliphatic rings. The molecule has 0 saturated heterocycles. The highest BCUT2D eigenvalue weighted by molar-refractivity contribution is 8.03. The molecule has 1 aliphatic heterocycles. The van der Waals surface area contributed by atoms with E-state index in [0.717, 1.165) is 17.8 Å². The van der Waals surface area contributed by atoms with Crippen LogP contribution in [0.25, 0.3) is 17.0 Å². The number of aliphatic hydroxyl groups excluding tert-OH is 1. The normalized spacial score (nSPS) is 15.0. The van der Waals surface area contributed by atoms with Gasteiger partial charge in [0.05, 0.1) is 10.7 Å². The van der Waals surface area contributed by atoms with Crippen molar-refractivity contribution in [3.05, 3.63) is 70.9 Å². The van der Waals surface area contributed by atoms with Crippen LogP contribution in [0.2, 0.25) is 0 Å². The van der Waals surface area contributed by atoms with E-state index < -0.39 is 0 Å². The largest absolute Gasteiger partial charge is 0.390 e. The third-order valence-corrected chi connectivity index (χ3v) is 5.87. The topological polar surface area (TPSA) is 27.4 Å². The molecule has 0 atom stereocenters. The maximum atomic E-state index is 9.58. The van der Waals surface area contributed by atoms with E-state index in [1.54, 1.807) is 0 Å². The molecule has 2 heterocycles. The molecule has 4 rings (SSSR count). The lowest BCUT2D eigenvalue weighted by Crippen LogP contribution is -2.39. The Hall–Kier alpha value is -2.30. The van der Waals surface area contributed by atoms with Crippen LogP contribution in [0.3, 0.4) is 0 Å².